The van der Waals surface area contributed by atoms with Crippen LogP contribution in [0.5, 0.6) is 0 Å². The fourth-order valence-electron chi connectivity index (χ4n) is 1.70. The Hall–Kier alpha value is -1.02. The summed E-state index contributed by atoms with van der Waals surface area (Å²) in [6, 6.07) is 4.15. The molecule has 0 aliphatic carbocycles. The smallest absolute Gasteiger partial charge is 0.0577 e. The highest BCUT2D eigenvalue weighted by Crippen LogP contribution is 2.33. The van der Waals surface area contributed by atoms with E-state index < -0.39 is 0 Å². The van der Waals surface area contributed by atoms with Gasteiger partial charge in [-0.05, 0) is 35.9 Å². The number of rotatable bonds is 1. The molecular formula is C11H13NS. The molecule has 13 heavy (non-hydrogen) atoms. The molecule has 0 unspecified atom stereocenters. The van der Waals surface area contributed by atoms with Gasteiger partial charge in [-0.3, -0.25) is 0 Å². The lowest BCUT2D eigenvalue weighted by atomic mass is 10.0. The lowest BCUT2D eigenvalue weighted by Crippen LogP contribution is -1.88. The van der Waals surface area contributed by atoms with E-state index in [0.29, 0.717) is 0 Å². The van der Waals surface area contributed by atoms with Crippen molar-refractivity contribution >= 4 is 27.1 Å². The van der Waals surface area contributed by atoms with Crippen molar-refractivity contribution in [3.63, 3.8) is 0 Å². The van der Waals surface area contributed by atoms with Crippen molar-refractivity contribution in [3.8, 4) is 0 Å². The molecule has 0 saturated carbocycles. The van der Waals surface area contributed by atoms with E-state index in [0.717, 1.165) is 12.1 Å². The Labute approximate surface area is 82.2 Å². The van der Waals surface area contributed by atoms with E-state index in [-0.39, 0.29) is 0 Å². The van der Waals surface area contributed by atoms with Crippen LogP contribution in [0.4, 0.5) is 5.69 Å². The number of nitrogen functional groups attached to an aromatic ring is 1. The molecule has 0 spiro atoms. The van der Waals surface area contributed by atoms with Crippen LogP contribution in [0, 0.1) is 6.92 Å². The van der Waals surface area contributed by atoms with Crippen molar-refractivity contribution in [1.82, 2.24) is 0 Å². The van der Waals surface area contributed by atoms with E-state index in [1.165, 1.54) is 21.2 Å². The van der Waals surface area contributed by atoms with Crippen LogP contribution in [0.15, 0.2) is 17.5 Å². The summed E-state index contributed by atoms with van der Waals surface area (Å²) < 4.78 is 1.25. The summed E-state index contributed by atoms with van der Waals surface area (Å²) in [5.74, 6) is 0. The maximum Gasteiger partial charge on any atom is 0.0577 e. The fraction of sp³-hybridized carbons (Fsp3) is 0.273. The lowest BCUT2D eigenvalue weighted by Gasteiger charge is -2.03. The molecule has 1 heterocycles. The highest BCUT2D eigenvalue weighted by atomic mass is 32.1. The van der Waals surface area contributed by atoms with Gasteiger partial charge in [0, 0.05) is 11.1 Å². The van der Waals surface area contributed by atoms with Crippen LogP contribution >= 0.6 is 11.3 Å². The molecule has 0 bridgehead atoms. The fourth-order valence-corrected chi connectivity index (χ4v) is 2.73. The van der Waals surface area contributed by atoms with Crippen LogP contribution in [-0.4, -0.2) is 0 Å². The summed E-state index contributed by atoms with van der Waals surface area (Å²) in [5, 5.41) is 3.55. The number of hydrogen-bond donors (Lipinski definition) is 1. The van der Waals surface area contributed by atoms with Gasteiger partial charge in [-0.2, -0.15) is 0 Å². The number of thiophene rings is 1. The summed E-state index contributed by atoms with van der Waals surface area (Å²) >= 11 is 1.75. The van der Waals surface area contributed by atoms with Crippen LogP contribution in [0.25, 0.3) is 10.1 Å². The Balaban J connectivity index is 2.88. The Bertz CT molecular complexity index is 443. The minimum Gasteiger partial charge on any atom is -0.398 e. The molecule has 2 heteroatoms. The first kappa shape index (κ1) is 8.57. The predicted octanol–water partition coefficient (Wildman–Crippen LogP) is 3.35. The highest BCUT2D eigenvalue weighted by molar-refractivity contribution is 7.18. The number of nitrogens with two attached hydrogens (primary N) is 1. The summed E-state index contributed by atoms with van der Waals surface area (Å²) in [5.41, 5.74) is 9.57. The second-order valence-electron chi connectivity index (χ2n) is 3.29. The summed E-state index contributed by atoms with van der Waals surface area (Å²) in [6.45, 7) is 4.33. The minimum atomic E-state index is 0.908. The monoisotopic (exact) mass is 191 g/mol. The van der Waals surface area contributed by atoms with Crippen LogP contribution in [0.2, 0.25) is 0 Å². The minimum absolute atomic E-state index is 0.908. The number of aryl methyl sites for hydroxylation is 2. The van der Waals surface area contributed by atoms with Crippen molar-refractivity contribution in [1.29, 1.82) is 0 Å². The normalized spacial score (nSPS) is 10.9. The van der Waals surface area contributed by atoms with Crippen molar-refractivity contribution < 1.29 is 0 Å². The lowest BCUT2D eigenvalue weighted by molar-refractivity contribution is 1.16. The number of hydrogen-bond acceptors (Lipinski definition) is 2. The maximum atomic E-state index is 5.90. The van der Waals surface area contributed by atoms with E-state index in [2.05, 4.69) is 25.3 Å². The molecule has 0 amide bonds. The molecule has 2 N–H and O–H groups in total. The van der Waals surface area contributed by atoms with Crippen molar-refractivity contribution in [3.05, 3.63) is 28.6 Å². The maximum absolute atomic E-state index is 5.90. The molecule has 2 rings (SSSR count). The van der Waals surface area contributed by atoms with Gasteiger partial charge in [0.25, 0.3) is 0 Å². The van der Waals surface area contributed by atoms with E-state index in [1.807, 2.05) is 6.07 Å². The van der Waals surface area contributed by atoms with Crippen molar-refractivity contribution in [2.75, 3.05) is 5.73 Å². The van der Waals surface area contributed by atoms with Crippen LogP contribution in [-0.2, 0) is 6.42 Å². The van der Waals surface area contributed by atoms with Gasteiger partial charge < -0.3 is 5.73 Å². The average molecular weight is 191 g/mol. The van der Waals surface area contributed by atoms with Gasteiger partial charge in [0.1, 0.15) is 0 Å². The largest absolute Gasteiger partial charge is 0.398 e. The standard InChI is InChI=1S/C11H13NS/c1-3-8-4-5-9(12)11-10(8)7(2)6-13-11/h4-6H,3,12H2,1-2H3. The summed E-state index contributed by atoms with van der Waals surface area (Å²) in [7, 11) is 0. The molecule has 0 atom stereocenters. The number of fused-ring (bicyclic) bond motifs is 1. The zero-order chi connectivity index (χ0) is 9.42. The molecule has 0 aliphatic heterocycles. The van der Waals surface area contributed by atoms with Gasteiger partial charge in [-0.15, -0.1) is 11.3 Å². The quantitative estimate of drug-likeness (QED) is 0.687. The first-order valence-corrected chi connectivity index (χ1v) is 5.37. The predicted molar refractivity (Wildman–Crippen MR) is 60.4 cm³/mol. The van der Waals surface area contributed by atoms with E-state index in [9.17, 15) is 0 Å². The Morgan fingerprint density at radius 1 is 1.38 bits per heavy atom. The zero-order valence-corrected chi connectivity index (χ0v) is 8.74. The molecule has 0 fully saturated rings. The number of benzene rings is 1. The summed E-state index contributed by atoms with van der Waals surface area (Å²) in [4.78, 5) is 0. The molecule has 1 nitrogen and oxygen atoms in total. The van der Waals surface area contributed by atoms with Crippen molar-refractivity contribution in [2.45, 2.75) is 20.3 Å². The van der Waals surface area contributed by atoms with Gasteiger partial charge in [0.05, 0.1) is 4.70 Å². The number of anilines is 1. The Kier molecular flexibility index (Phi) is 2.00. The Morgan fingerprint density at radius 2 is 2.15 bits per heavy atom. The molecule has 2 aromatic rings. The Morgan fingerprint density at radius 3 is 2.85 bits per heavy atom. The highest BCUT2D eigenvalue weighted by Gasteiger charge is 2.06. The molecule has 1 aromatic carbocycles. The van der Waals surface area contributed by atoms with Gasteiger partial charge in [0.2, 0.25) is 0 Å². The van der Waals surface area contributed by atoms with Crippen LogP contribution in [0.3, 0.4) is 0 Å². The first-order chi connectivity index (χ1) is 6.24. The second-order valence-corrected chi connectivity index (χ2v) is 4.17. The summed E-state index contributed by atoms with van der Waals surface area (Å²) in [6.07, 6.45) is 1.08. The van der Waals surface area contributed by atoms with Gasteiger partial charge in [0.15, 0.2) is 0 Å². The third kappa shape index (κ3) is 1.22. The van der Waals surface area contributed by atoms with E-state index in [4.69, 9.17) is 5.73 Å². The SMILES string of the molecule is CCc1ccc(N)c2scc(C)c12. The third-order valence-corrected chi connectivity index (χ3v) is 3.55. The molecule has 0 aliphatic rings. The molecule has 0 saturated heterocycles. The molecule has 1 aromatic heterocycles. The van der Waals surface area contributed by atoms with E-state index in [1.54, 1.807) is 11.3 Å². The van der Waals surface area contributed by atoms with Crippen LogP contribution in [0.1, 0.15) is 18.1 Å². The average Bonchev–Trinajstić information content (AvgIpc) is 2.51. The van der Waals surface area contributed by atoms with E-state index >= 15 is 0 Å². The van der Waals surface area contributed by atoms with Gasteiger partial charge in [-0.1, -0.05) is 13.0 Å². The third-order valence-electron chi connectivity index (χ3n) is 2.40. The topological polar surface area (TPSA) is 26.0 Å². The van der Waals surface area contributed by atoms with Gasteiger partial charge in [-0.25, -0.2) is 0 Å². The van der Waals surface area contributed by atoms with Gasteiger partial charge >= 0.3 is 0 Å². The molecule has 68 valence electrons. The molecular weight excluding hydrogens is 178 g/mol. The van der Waals surface area contributed by atoms with Crippen molar-refractivity contribution in [2.24, 2.45) is 0 Å². The zero-order valence-electron chi connectivity index (χ0n) is 7.92. The first-order valence-electron chi connectivity index (χ1n) is 4.49. The van der Waals surface area contributed by atoms with Crippen LogP contribution < -0.4 is 5.73 Å². The second kappa shape index (κ2) is 3.04. The molecule has 0 radical (unpaired) electrons.